The van der Waals surface area contributed by atoms with Gasteiger partial charge in [-0.25, -0.2) is 0 Å². The number of carbonyl (C=O) groups is 1. The molecule has 0 bridgehead atoms. The van der Waals surface area contributed by atoms with Crippen molar-refractivity contribution in [3.8, 4) is 0 Å². The highest BCUT2D eigenvalue weighted by Gasteiger charge is 2.12. The predicted octanol–water partition coefficient (Wildman–Crippen LogP) is 7.52. The van der Waals surface area contributed by atoms with Gasteiger partial charge in [-0.2, -0.15) is 0 Å². The van der Waals surface area contributed by atoms with Crippen molar-refractivity contribution in [2.45, 2.75) is 136 Å². The second-order valence-corrected chi connectivity index (χ2v) is 9.63. The molecule has 32 heavy (non-hydrogen) atoms. The zero-order valence-electron chi connectivity index (χ0n) is 22.1. The highest BCUT2D eigenvalue weighted by Crippen LogP contribution is 2.20. The molecule has 0 rings (SSSR count). The molecule has 4 nitrogen and oxygen atoms in total. The molecule has 0 unspecified atom stereocenters. The van der Waals surface area contributed by atoms with Gasteiger partial charge in [0.2, 0.25) is 0 Å². The Balaban J connectivity index is 4.04. The van der Waals surface area contributed by atoms with Crippen molar-refractivity contribution in [1.29, 1.82) is 0 Å². The van der Waals surface area contributed by atoms with Gasteiger partial charge in [-0.15, -0.1) is 0 Å². The summed E-state index contributed by atoms with van der Waals surface area (Å²) >= 11 is 0. The number of likely N-dealkylation sites (N-methyl/N-ethyl adjacent to an activating group) is 1. The number of esters is 1. The first-order valence-electron chi connectivity index (χ1n) is 14.2. The maximum atomic E-state index is 12.2. The number of ether oxygens (including phenoxy) is 1. The third kappa shape index (κ3) is 21.2. The Morgan fingerprint density at radius 1 is 0.719 bits per heavy atom. The van der Waals surface area contributed by atoms with Crippen LogP contribution in [-0.2, 0) is 9.53 Å². The molecule has 0 heterocycles. The fourth-order valence-electron chi connectivity index (χ4n) is 4.37. The normalized spacial score (nSPS) is 11.6. The van der Waals surface area contributed by atoms with Crippen molar-refractivity contribution in [3.63, 3.8) is 0 Å². The molecule has 0 saturated carbocycles. The standard InChI is InChI=1S/C28H57NO3/c1-4-7-9-11-13-16-20-27(21-17-14-12-10-8-5-2)26-32-28(31)22-18-15-19-23-29(6-3)24-25-30/h27,30H,4-26H2,1-3H3. The topological polar surface area (TPSA) is 49.8 Å². The van der Waals surface area contributed by atoms with E-state index in [4.69, 9.17) is 9.84 Å². The maximum Gasteiger partial charge on any atom is 0.305 e. The van der Waals surface area contributed by atoms with Crippen LogP contribution < -0.4 is 0 Å². The van der Waals surface area contributed by atoms with Gasteiger partial charge < -0.3 is 14.7 Å². The lowest BCUT2D eigenvalue weighted by Gasteiger charge is -2.19. The van der Waals surface area contributed by atoms with E-state index >= 15 is 0 Å². The summed E-state index contributed by atoms with van der Waals surface area (Å²) in [7, 11) is 0. The minimum atomic E-state index is -0.0106. The van der Waals surface area contributed by atoms with Crippen LogP contribution in [0.2, 0.25) is 0 Å². The number of unbranched alkanes of at least 4 members (excludes halogenated alkanes) is 12. The van der Waals surface area contributed by atoms with E-state index in [2.05, 4.69) is 25.7 Å². The molecule has 0 fully saturated rings. The second kappa shape index (κ2) is 25.0. The molecular formula is C28H57NO3. The molecule has 0 saturated heterocycles. The average molecular weight is 456 g/mol. The molecule has 0 aliphatic heterocycles. The fraction of sp³-hybridized carbons (Fsp3) is 0.964. The molecule has 0 aromatic rings. The summed E-state index contributed by atoms with van der Waals surface area (Å²) in [6.45, 7) is 10.2. The Morgan fingerprint density at radius 3 is 1.78 bits per heavy atom. The summed E-state index contributed by atoms with van der Waals surface area (Å²) in [5.74, 6) is 0.538. The summed E-state index contributed by atoms with van der Waals surface area (Å²) in [6, 6.07) is 0. The number of aliphatic hydroxyl groups excluding tert-OH is 1. The molecule has 0 aliphatic rings. The van der Waals surface area contributed by atoms with E-state index in [0.29, 0.717) is 18.9 Å². The largest absolute Gasteiger partial charge is 0.465 e. The van der Waals surface area contributed by atoms with Gasteiger partial charge in [0.1, 0.15) is 0 Å². The number of hydrogen-bond donors (Lipinski definition) is 1. The first-order valence-corrected chi connectivity index (χ1v) is 14.2. The van der Waals surface area contributed by atoms with Crippen LogP contribution in [0.1, 0.15) is 136 Å². The van der Waals surface area contributed by atoms with Crippen molar-refractivity contribution < 1.29 is 14.6 Å². The third-order valence-corrected chi connectivity index (χ3v) is 6.63. The van der Waals surface area contributed by atoms with Gasteiger partial charge in [0.15, 0.2) is 0 Å². The number of nitrogens with zero attached hydrogens (tertiary/aromatic N) is 1. The predicted molar refractivity (Wildman–Crippen MR) is 138 cm³/mol. The van der Waals surface area contributed by atoms with Gasteiger partial charge in [-0.1, -0.05) is 104 Å². The van der Waals surface area contributed by atoms with Crippen molar-refractivity contribution in [2.24, 2.45) is 5.92 Å². The molecule has 1 N–H and O–H groups in total. The molecule has 192 valence electrons. The highest BCUT2D eigenvalue weighted by atomic mass is 16.5. The lowest BCUT2D eigenvalue weighted by atomic mass is 9.94. The van der Waals surface area contributed by atoms with E-state index in [1.165, 1.54) is 89.9 Å². The molecule has 0 aromatic heterocycles. The van der Waals surface area contributed by atoms with Gasteiger partial charge in [0, 0.05) is 13.0 Å². The first-order chi connectivity index (χ1) is 15.7. The summed E-state index contributed by atoms with van der Waals surface area (Å²) < 4.78 is 5.70. The van der Waals surface area contributed by atoms with Crippen LogP contribution in [0.15, 0.2) is 0 Å². The fourth-order valence-corrected chi connectivity index (χ4v) is 4.37. The Bertz CT molecular complexity index is 373. The Kier molecular flexibility index (Phi) is 24.5. The minimum absolute atomic E-state index is 0.0106. The van der Waals surface area contributed by atoms with Crippen LogP contribution in [-0.4, -0.2) is 48.8 Å². The lowest BCUT2D eigenvalue weighted by Crippen LogP contribution is -2.27. The Morgan fingerprint density at radius 2 is 1.25 bits per heavy atom. The number of carbonyl (C=O) groups excluding carboxylic acids is 1. The monoisotopic (exact) mass is 455 g/mol. The Labute approximate surface area is 200 Å². The first kappa shape index (κ1) is 31.4. The van der Waals surface area contributed by atoms with Crippen LogP contribution in [0.25, 0.3) is 0 Å². The molecule has 0 aromatic carbocycles. The smallest absolute Gasteiger partial charge is 0.305 e. The molecule has 0 amide bonds. The zero-order valence-corrected chi connectivity index (χ0v) is 22.1. The third-order valence-electron chi connectivity index (χ3n) is 6.63. The lowest BCUT2D eigenvalue weighted by molar-refractivity contribution is -0.145. The molecule has 0 radical (unpaired) electrons. The van der Waals surface area contributed by atoms with E-state index in [9.17, 15) is 4.79 Å². The summed E-state index contributed by atoms with van der Waals surface area (Å²) in [5.41, 5.74) is 0. The van der Waals surface area contributed by atoms with E-state index < -0.39 is 0 Å². The van der Waals surface area contributed by atoms with Gasteiger partial charge in [0.05, 0.1) is 13.2 Å². The summed E-state index contributed by atoms with van der Waals surface area (Å²) in [5, 5.41) is 9.05. The van der Waals surface area contributed by atoms with Crippen LogP contribution >= 0.6 is 0 Å². The van der Waals surface area contributed by atoms with Gasteiger partial charge in [-0.3, -0.25) is 4.79 Å². The van der Waals surface area contributed by atoms with E-state index in [-0.39, 0.29) is 12.6 Å². The van der Waals surface area contributed by atoms with Crippen molar-refractivity contribution in [1.82, 2.24) is 4.90 Å². The molecular weight excluding hydrogens is 398 g/mol. The number of aliphatic hydroxyl groups is 1. The number of rotatable bonds is 25. The van der Waals surface area contributed by atoms with E-state index in [1.807, 2.05) is 0 Å². The summed E-state index contributed by atoms with van der Waals surface area (Å²) in [4.78, 5) is 14.5. The zero-order chi connectivity index (χ0) is 23.7. The molecule has 0 spiro atoms. The quantitative estimate of drug-likeness (QED) is 0.114. The summed E-state index contributed by atoms with van der Waals surface area (Å²) in [6.07, 6.45) is 22.0. The van der Waals surface area contributed by atoms with Crippen LogP contribution in [0.5, 0.6) is 0 Å². The van der Waals surface area contributed by atoms with E-state index in [1.54, 1.807) is 0 Å². The molecule has 0 aliphatic carbocycles. The van der Waals surface area contributed by atoms with Crippen molar-refractivity contribution in [3.05, 3.63) is 0 Å². The van der Waals surface area contributed by atoms with Crippen LogP contribution in [0, 0.1) is 5.92 Å². The number of hydrogen-bond acceptors (Lipinski definition) is 4. The minimum Gasteiger partial charge on any atom is -0.465 e. The average Bonchev–Trinajstić information content (AvgIpc) is 2.80. The second-order valence-electron chi connectivity index (χ2n) is 9.63. The Hall–Kier alpha value is -0.610. The van der Waals surface area contributed by atoms with Gasteiger partial charge in [-0.05, 0) is 44.7 Å². The van der Waals surface area contributed by atoms with Crippen LogP contribution in [0.3, 0.4) is 0 Å². The van der Waals surface area contributed by atoms with E-state index in [0.717, 1.165) is 38.9 Å². The van der Waals surface area contributed by atoms with Gasteiger partial charge >= 0.3 is 5.97 Å². The maximum absolute atomic E-state index is 12.2. The highest BCUT2D eigenvalue weighted by molar-refractivity contribution is 5.69. The van der Waals surface area contributed by atoms with Crippen LogP contribution in [0.4, 0.5) is 0 Å². The molecule has 4 heteroatoms. The van der Waals surface area contributed by atoms with Crippen molar-refractivity contribution in [2.75, 3.05) is 32.8 Å². The van der Waals surface area contributed by atoms with Crippen molar-refractivity contribution >= 4 is 5.97 Å². The van der Waals surface area contributed by atoms with Gasteiger partial charge in [0.25, 0.3) is 0 Å². The SMILES string of the molecule is CCCCCCCCC(CCCCCCCC)COC(=O)CCCCCN(CC)CCO. The molecule has 0 atom stereocenters.